The molecule has 1 aliphatic heterocycles. The van der Waals surface area contributed by atoms with Crippen molar-refractivity contribution in [2.24, 2.45) is 0 Å². The lowest BCUT2D eigenvalue weighted by Crippen LogP contribution is -2.22. The normalized spacial score (nSPS) is 12.5. The molecule has 0 unspecified atom stereocenters. The summed E-state index contributed by atoms with van der Waals surface area (Å²) in [6, 6.07) is 0. The zero-order chi connectivity index (χ0) is 16.4. The number of benzene rings is 1. The van der Waals surface area contributed by atoms with Crippen LogP contribution in [-0.4, -0.2) is 39.2 Å². The lowest BCUT2D eigenvalue weighted by Gasteiger charge is -2.17. The zero-order valence-corrected chi connectivity index (χ0v) is 12.8. The van der Waals surface area contributed by atoms with Crippen LogP contribution in [0.3, 0.4) is 0 Å². The Balaban J connectivity index is 2.91. The van der Waals surface area contributed by atoms with Crippen LogP contribution in [-0.2, 0) is 32.2 Å². The van der Waals surface area contributed by atoms with Gasteiger partial charge < -0.3 is 18.9 Å². The van der Waals surface area contributed by atoms with Gasteiger partial charge in [0.25, 0.3) is 0 Å². The van der Waals surface area contributed by atoms with Crippen LogP contribution in [0.15, 0.2) is 0 Å². The third-order valence-corrected chi connectivity index (χ3v) is 3.66. The highest BCUT2D eigenvalue weighted by Crippen LogP contribution is 2.34. The molecule has 2 rings (SSSR count). The smallest absolute Gasteiger partial charge is 0.339 e. The van der Waals surface area contributed by atoms with Crippen molar-refractivity contribution in [1.82, 2.24) is 0 Å². The molecule has 0 saturated heterocycles. The minimum Gasteiger partial charge on any atom is -0.465 e. The first-order chi connectivity index (χ1) is 10.5. The fourth-order valence-corrected chi connectivity index (χ4v) is 2.59. The van der Waals surface area contributed by atoms with Crippen molar-refractivity contribution in [1.29, 1.82) is 0 Å². The van der Waals surface area contributed by atoms with Crippen molar-refractivity contribution in [2.75, 3.05) is 21.3 Å². The van der Waals surface area contributed by atoms with Crippen molar-refractivity contribution < 1.29 is 33.3 Å². The lowest BCUT2D eigenvalue weighted by atomic mass is 9.88. The quantitative estimate of drug-likeness (QED) is 0.615. The molecule has 0 aromatic heterocycles. The van der Waals surface area contributed by atoms with Crippen molar-refractivity contribution in [3.05, 3.63) is 33.4 Å². The van der Waals surface area contributed by atoms with Gasteiger partial charge in [0.2, 0.25) is 0 Å². The number of esters is 3. The summed E-state index contributed by atoms with van der Waals surface area (Å²) in [5, 5.41) is 0. The molecule has 0 aliphatic carbocycles. The minimum atomic E-state index is -0.807. The molecule has 0 bridgehead atoms. The van der Waals surface area contributed by atoms with E-state index in [9.17, 15) is 14.4 Å². The topological polar surface area (TPSA) is 88.1 Å². The predicted octanol–water partition coefficient (Wildman–Crippen LogP) is 1.39. The van der Waals surface area contributed by atoms with Crippen LogP contribution >= 0.6 is 0 Å². The standard InChI is InChI=1S/C15H16O7/c1-7-8-5-22-6-9(8)11(14(17)20-3)12(15(18)21-4)10(7)13(16)19-2/h5-6H2,1-4H3. The molecule has 0 N–H and O–H groups in total. The van der Waals surface area contributed by atoms with Crippen LogP contribution in [0.1, 0.15) is 47.8 Å². The maximum absolute atomic E-state index is 12.2. The summed E-state index contributed by atoms with van der Waals surface area (Å²) >= 11 is 0. The van der Waals surface area contributed by atoms with E-state index in [2.05, 4.69) is 0 Å². The second-order valence-electron chi connectivity index (χ2n) is 4.67. The Morgan fingerprint density at radius 2 is 1.23 bits per heavy atom. The van der Waals surface area contributed by atoms with E-state index in [1.165, 1.54) is 21.3 Å². The molecule has 0 saturated carbocycles. The summed E-state index contributed by atoms with van der Waals surface area (Å²) in [5.41, 5.74) is 1.60. The third-order valence-electron chi connectivity index (χ3n) is 3.66. The Kier molecular flexibility index (Phi) is 4.46. The molecule has 1 aromatic rings. The van der Waals surface area contributed by atoms with Crippen LogP contribution in [0.25, 0.3) is 0 Å². The average molecular weight is 308 g/mol. The second-order valence-corrected chi connectivity index (χ2v) is 4.67. The third kappa shape index (κ3) is 2.33. The van der Waals surface area contributed by atoms with Gasteiger partial charge in [0, 0.05) is 0 Å². The first-order valence-electron chi connectivity index (χ1n) is 6.48. The maximum Gasteiger partial charge on any atom is 0.339 e. The average Bonchev–Trinajstić information content (AvgIpc) is 3.02. The van der Waals surface area contributed by atoms with Crippen molar-refractivity contribution in [2.45, 2.75) is 20.1 Å². The van der Waals surface area contributed by atoms with Crippen molar-refractivity contribution in [3.63, 3.8) is 0 Å². The number of hydrogen-bond acceptors (Lipinski definition) is 7. The van der Waals surface area contributed by atoms with E-state index < -0.39 is 17.9 Å². The Morgan fingerprint density at radius 3 is 1.77 bits per heavy atom. The molecule has 0 spiro atoms. The molecule has 118 valence electrons. The van der Waals surface area contributed by atoms with Gasteiger partial charge in [0.1, 0.15) is 0 Å². The fourth-order valence-electron chi connectivity index (χ4n) is 2.59. The Bertz CT molecular complexity index is 661. The van der Waals surface area contributed by atoms with Crippen LogP contribution in [0.2, 0.25) is 0 Å². The Hall–Kier alpha value is -2.41. The number of methoxy groups -OCH3 is 3. The van der Waals surface area contributed by atoms with Crippen LogP contribution in [0, 0.1) is 6.92 Å². The van der Waals surface area contributed by atoms with E-state index in [4.69, 9.17) is 18.9 Å². The van der Waals surface area contributed by atoms with E-state index in [-0.39, 0.29) is 29.9 Å². The summed E-state index contributed by atoms with van der Waals surface area (Å²) in [5.74, 6) is -2.26. The predicted molar refractivity (Wildman–Crippen MR) is 73.7 cm³/mol. The maximum atomic E-state index is 12.2. The molecule has 7 heteroatoms. The molecule has 1 aromatic carbocycles. The summed E-state index contributed by atoms with van der Waals surface area (Å²) in [6.45, 7) is 2.08. The Morgan fingerprint density at radius 1 is 0.773 bits per heavy atom. The molecule has 22 heavy (non-hydrogen) atoms. The first kappa shape index (κ1) is 16.0. The van der Waals surface area contributed by atoms with Crippen LogP contribution < -0.4 is 0 Å². The molecule has 1 aliphatic rings. The van der Waals surface area contributed by atoms with E-state index in [1.54, 1.807) is 6.92 Å². The van der Waals surface area contributed by atoms with Crippen molar-refractivity contribution in [3.8, 4) is 0 Å². The fraction of sp³-hybridized carbons (Fsp3) is 0.400. The van der Waals surface area contributed by atoms with Gasteiger partial charge in [-0.05, 0) is 23.6 Å². The lowest BCUT2D eigenvalue weighted by molar-refractivity contribution is 0.0533. The van der Waals surface area contributed by atoms with Crippen LogP contribution in [0.5, 0.6) is 0 Å². The van der Waals surface area contributed by atoms with E-state index >= 15 is 0 Å². The van der Waals surface area contributed by atoms with Gasteiger partial charge in [-0.25, -0.2) is 14.4 Å². The van der Waals surface area contributed by atoms with Gasteiger partial charge in [-0.1, -0.05) is 0 Å². The second kappa shape index (κ2) is 6.15. The molecule has 0 radical (unpaired) electrons. The van der Waals surface area contributed by atoms with Crippen molar-refractivity contribution >= 4 is 17.9 Å². The summed E-state index contributed by atoms with van der Waals surface area (Å²) in [6.07, 6.45) is 0. The molecule has 0 atom stereocenters. The largest absolute Gasteiger partial charge is 0.465 e. The van der Waals surface area contributed by atoms with Gasteiger partial charge in [0.05, 0.1) is 51.2 Å². The summed E-state index contributed by atoms with van der Waals surface area (Å²) < 4.78 is 19.6. The van der Waals surface area contributed by atoms with Gasteiger partial charge in [0.15, 0.2) is 0 Å². The van der Waals surface area contributed by atoms with E-state index in [0.717, 1.165) is 0 Å². The van der Waals surface area contributed by atoms with E-state index in [0.29, 0.717) is 16.7 Å². The zero-order valence-electron chi connectivity index (χ0n) is 12.8. The van der Waals surface area contributed by atoms with Gasteiger partial charge in [-0.15, -0.1) is 0 Å². The van der Waals surface area contributed by atoms with Gasteiger partial charge >= 0.3 is 17.9 Å². The number of hydrogen-bond donors (Lipinski definition) is 0. The van der Waals surface area contributed by atoms with Crippen LogP contribution in [0.4, 0.5) is 0 Å². The summed E-state index contributed by atoms with van der Waals surface area (Å²) in [7, 11) is 3.57. The number of carbonyl (C=O) groups is 3. The monoisotopic (exact) mass is 308 g/mol. The molecular weight excluding hydrogens is 292 g/mol. The number of carbonyl (C=O) groups excluding carboxylic acids is 3. The molecule has 0 amide bonds. The number of ether oxygens (including phenoxy) is 4. The Labute approximate surface area is 127 Å². The highest BCUT2D eigenvalue weighted by molar-refractivity contribution is 6.12. The number of fused-ring (bicyclic) bond motifs is 1. The molecular formula is C15H16O7. The van der Waals surface area contributed by atoms with Gasteiger partial charge in [-0.2, -0.15) is 0 Å². The summed E-state index contributed by atoms with van der Waals surface area (Å²) in [4.78, 5) is 36.4. The van der Waals surface area contributed by atoms with Gasteiger partial charge in [-0.3, -0.25) is 0 Å². The molecule has 0 fully saturated rings. The molecule has 1 heterocycles. The minimum absolute atomic E-state index is 0.000926. The SMILES string of the molecule is COC(=O)c1c(C)c2c(c(C(=O)OC)c1C(=O)OC)COC2. The highest BCUT2D eigenvalue weighted by atomic mass is 16.5. The first-order valence-corrected chi connectivity index (χ1v) is 6.48. The number of rotatable bonds is 3. The van der Waals surface area contributed by atoms with E-state index in [1.807, 2.05) is 0 Å². The highest BCUT2D eigenvalue weighted by Gasteiger charge is 2.35. The molecule has 7 nitrogen and oxygen atoms in total.